The number of rotatable bonds is 4. The number of nitrogens with zero attached hydrogens (tertiary/aromatic N) is 2. The van der Waals surface area contributed by atoms with Gasteiger partial charge in [-0.1, -0.05) is 12.1 Å². The first kappa shape index (κ1) is 13.2. The maximum atomic E-state index is 13.0. The summed E-state index contributed by atoms with van der Waals surface area (Å²) in [4.78, 5) is 0. The zero-order valence-electron chi connectivity index (χ0n) is 10.3. The molecule has 1 aromatic heterocycles. The Balaban J connectivity index is 2.44. The number of hydrogen-bond donors (Lipinski definition) is 1. The summed E-state index contributed by atoms with van der Waals surface area (Å²) in [5, 5.41) is 7.54. The van der Waals surface area contributed by atoms with Crippen molar-refractivity contribution in [3.8, 4) is 0 Å². The van der Waals surface area contributed by atoms with Crippen LogP contribution in [-0.4, -0.2) is 16.8 Å². The number of aromatic nitrogens is 2. The van der Waals surface area contributed by atoms with Crippen molar-refractivity contribution in [2.75, 3.05) is 7.05 Å². The van der Waals surface area contributed by atoms with Crippen LogP contribution in [0.2, 0.25) is 0 Å². The van der Waals surface area contributed by atoms with E-state index < -0.39 is 0 Å². The molecule has 0 bridgehead atoms. The zero-order chi connectivity index (χ0) is 13.1. The first-order chi connectivity index (χ1) is 8.67. The third-order valence-corrected chi connectivity index (χ3v) is 3.51. The van der Waals surface area contributed by atoms with E-state index in [0.717, 1.165) is 22.3 Å². The number of halogens is 2. The Morgan fingerprint density at radius 1 is 1.39 bits per heavy atom. The molecule has 5 heteroatoms. The SMILES string of the molecule is CCn1ncc(Br)c1C(NC)c1ccc(F)cc1. The highest BCUT2D eigenvalue weighted by Crippen LogP contribution is 2.28. The van der Waals surface area contributed by atoms with E-state index in [4.69, 9.17) is 0 Å². The second-order valence-corrected chi connectivity index (χ2v) is 4.82. The van der Waals surface area contributed by atoms with Crippen LogP contribution in [0.5, 0.6) is 0 Å². The van der Waals surface area contributed by atoms with Crippen LogP contribution in [-0.2, 0) is 6.54 Å². The number of hydrogen-bond acceptors (Lipinski definition) is 2. The van der Waals surface area contributed by atoms with E-state index in [1.165, 1.54) is 12.1 Å². The molecular formula is C13H15BrFN3. The van der Waals surface area contributed by atoms with Gasteiger partial charge in [-0.05, 0) is 47.6 Å². The first-order valence-corrected chi connectivity index (χ1v) is 6.60. The fourth-order valence-electron chi connectivity index (χ4n) is 2.03. The fourth-order valence-corrected chi connectivity index (χ4v) is 2.55. The Bertz CT molecular complexity index is 522. The monoisotopic (exact) mass is 311 g/mol. The highest BCUT2D eigenvalue weighted by atomic mass is 79.9. The Morgan fingerprint density at radius 2 is 2.06 bits per heavy atom. The second-order valence-electron chi connectivity index (χ2n) is 3.97. The lowest BCUT2D eigenvalue weighted by Gasteiger charge is -2.18. The van der Waals surface area contributed by atoms with Crippen molar-refractivity contribution in [1.82, 2.24) is 15.1 Å². The zero-order valence-corrected chi connectivity index (χ0v) is 11.9. The molecule has 18 heavy (non-hydrogen) atoms. The Hall–Kier alpha value is -1.20. The maximum Gasteiger partial charge on any atom is 0.123 e. The van der Waals surface area contributed by atoms with E-state index in [2.05, 4.69) is 26.3 Å². The van der Waals surface area contributed by atoms with Crippen LogP contribution >= 0.6 is 15.9 Å². The molecule has 0 saturated carbocycles. The van der Waals surface area contributed by atoms with Gasteiger partial charge in [-0.15, -0.1) is 0 Å². The summed E-state index contributed by atoms with van der Waals surface area (Å²) in [5.74, 6) is -0.225. The molecule has 0 aliphatic rings. The molecule has 96 valence electrons. The molecule has 0 saturated heterocycles. The van der Waals surface area contributed by atoms with Crippen molar-refractivity contribution in [2.45, 2.75) is 19.5 Å². The topological polar surface area (TPSA) is 29.9 Å². The highest BCUT2D eigenvalue weighted by molar-refractivity contribution is 9.10. The summed E-state index contributed by atoms with van der Waals surface area (Å²) in [5.41, 5.74) is 2.06. The normalized spacial score (nSPS) is 12.7. The summed E-state index contributed by atoms with van der Waals surface area (Å²) >= 11 is 3.51. The summed E-state index contributed by atoms with van der Waals surface area (Å²) in [6.07, 6.45) is 1.78. The van der Waals surface area contributed by atoms with Crippen LogP contribution in [0.25, 0.3) is 0 Å². The van der Waals surface area contributed by atoms with Crippen LogP contribution in [0.15, 0.2) is 34.9 Å². The molecule has 2 aromatic rings. The van der Waals surface area contributed by atoms with Gasteiger partial charge in [-0.25, -0.2) is 4.39 Å². The molecule has 1 atom stereocenters. The molecule has 1 N–H and O–H groups in total. The lowest BCUT2D eigenvalue weighted by atomic mass is 10.0. The molecule has 0 radical (unpaired) electrons. The van der Waals surface area contributed by atoms with Crippen LogP contribution in [0.3, 0.4) is 0 Å². The molecule has 0 aliphatic carbocycles. The van der Waals surface area contributed by atoms with Crippen molar-refractivity contribution in [3.63, 3.8) is 0 Å². The molecule has 0 fully saturated rings. The van der Waals surface area contributed by atoms with Crippen molar-refractivity contribution < 1.29 is 4.39 Å². The lowest BCUT2D eigenvalue weighted by Crippen LogP contribution is -2.21. The maximum absolute atomic E-state index is 13.0. The average molecular weight is 312 g/mol. The minimum atomic E-state index is -0.225. The van der Waals surface area contributed by atoms with Crippen LogP contribution < -0.4 is 5.32 Å². The van der Waals surface area contributed by atoms with Gasteiger partial charge in [0, 0.05) is 6.54 Å². The third kappa shape index (κ3) is 2.47. The van der Waals surface area contributed by atoms with E-state index in [1.807, 2.05) is 18.7 Å². The molecule has 0 spiro atoms. The first-order valence-electron chi connectivity index (χ1n) is 5.81. The van der Waals surface area contributed by atoms with Crippen molar-refractivity contribution in [3.05, 3.63) is 52.0 Å². The third-order valence-electron chi connectivity index (χ3n) is 2.90. The largest absolute Gasteiger partial charge is 0.308 e. The van der Waals surface area contributed by atoms with Gasteiger partial charge in [-0.3, -0.25) is 4.68 Å². The van der Waals surface area contributed by atoms with Crippen molar-refractivity contribution in [1.29, 1.82) is 0 Å². The van der Waals surface area contributed by atoms with Gasteiger partial charge in [0.05, 0.1) is 22.4 Å². The molecular weight excluding hydrogens is 297 g/mol. The van der Waals surface area contributed by atoms with Crippen molar-refractivity contribution >= 4 is 15.9 Å². The molecule has 1 heterocycles. The minimum absolute atomic E-state index is 0.0116. The van der Waals surface area contributed by atoms with E-state index in [0.29, 0.717) is 0 Å². The van der Waals surface area contributed by atoms with E-state index in [-0.39, 0.29) is 11.9 Å². The van der Waals surface area contributed by atoms with E-state index in [1.54, 1.807) is 18.3 Å². The lowest BCUT2D eigenvalue weighted by molar-refractivity contribution is 0.560. The van der Waals surface area contributed by atoms with Gasteiger partial charge in [0.2, 0.25) is 0 Å². The van der Waals surface area contributed by atoms with Crippen LogP contribution in [0.4, 0.5) is 4.39 Å². The van der Waals surface area contributed by atoms with Gasteiger partial charge in [0.25, 0.3) is 0 Å². The molecule has 1 aromatic carbocycles. The number of benzene rings is 1. The van der Waals surface area contributed by atoms with Crippen molar-refractivity contribution in [2.24, 2.45) is 0 Å². The Kier molecular flexibility index (Phi) is 4.14. The van der Waals surface area contributed by atoms with E-state index in [9.17, 15) is 4.39 Å². The van der Waals surface area contributed by atoms with Gasteiger partial charge < -0.3 is 5.32 Å². The predicted octanol–water partition coefficient (Wildman–Crippen LogP) is 3.11. The predicted molar refractivity (Wildman–Crippen MR) is 72.9 cm³/mol. The van der Waals surface area contributed by atoms with Crippen LogP contribution in [0, 0.1) is 5.82 Å². The summed E-state index contributed by atoms with van der Waals surface area (Å²) in [6, 6.07) is 6.51. The second kappa shape index (κ2) is 5.63. The van der Waals surface area contributed by atoms with Crippen LogP contribution in [0.1, 0.15) is 24.2 Å². The minimum Gasteiger partial charge on any atom is -0.308 e. The van der Waals surface area contributed by atoms with E-state index >= 15 is 0 Å². The molecule has 1 unspecified atom stereocenters. The number of aryl methyl sites for hydroxylation is 1. The molecule has 3 nitrogen and oxygen atoms in total. The number of nitrogens with one attached hydrogen (secondary N) is 1. The van der Waals surface area contributed by atoms with Gasteiger partial charge in [-0.2, -0.15) is 5.10 Å². The molecule has 2 rings (SSSR count). The summed E-state index contributed by atoms with van der Waals surface area (Å²) in [6.45, 7) is 2.83. The average Bonchev–Trinajstić information content (AvgIpc) is 2.74. The standard InChI is InChI=1S/C13H15BrFN3/c1-3-18-13(11(14)8-17-18)12(16-2)9-4-6-10(15)7-5-9/h4-8,12,16H,3H2,1-2H3. The quantitative estimate of drug-likeness (QED) is 0.940. The molecule has 0 aliphatic heterocycles. The Morgan fingerprint density at radius 3 is 2.61 bits per heavy atom. The van der Waals surface area contributed by atoms with Gasteiger partial charge in [0.1, 0.15) is 5.82 Å². The highest BCUT2D eigenvalue weighted by Gasteiger charge is 2.19. The Labute approximate surface area is 114 Å². The summed E-state index contributed by atoms with van der Waals surface area (Å²) < 4.78 is 15.9. The summed E-state index contributed by atoms with van der Waals surface area (Å²) in [7, 11) is 1.88. The van der Waals surface area contributed by atoms with Gasteiger partial charge in [0.15, 0.2) is 0 Å². The molecule has 0 amide bonds. The fraction of sp³-hybridized carbons (Fsp3) is 0.308. The van der Waals surface area contributed by atoms with Gasteiger partial charge >= 0.3 is 0 Å². The smallest absolute Gasteiger partial charge is 0.123 e.